The third-order valence-corrected chi connectivity index (χ3v) is 7.12. The van der Waals surface area contributed by atoms with E-state index in [9.17, 15) is 8.42 Å². The highest BCUT2D eigenvalue weighted by Gasteiger charge is 2.35. The summed E-state index contributed by atoms with van der Waals surface area (Å²) < 4.78 is 53.7. The molecule has 196 valence electrons. The van der Waals surface area contributed by atoms with Gasteiger partial charge in [-0.3, -0.25) is 14.3 Å². The monoisotopic (exact) mass is 519 g/mol. The van der Waals surface area contributed by atoms with Gasteiger partial charge in [0.2, 0.25) is 16.0 Å². The van der Waals surface area contributed by atoms with Crippen molar-refractivity contribution >= 4 is 16.0 Å². The summed E-state index contributed by atoms with van der Waals surface area (Å²) in [6.45, 7) is 7.23. The van der Waals surface area contributed by atoms with Gasteiger partial charge in [0.15, 0.2) is 5.82 Å². The number of methoxy groups -OCH3 is 3. The lowest BCUT2D eigenvalue weighted by Crippen LogP contribution is -2.34. The molecule has 0 aliphatic heterocycles. The predicted molar refractivity (Wildman–Crippen MR) is 135 cm³/mol. The SMILES string of the molecule is COCc1nnc(NS(=O)(=O)[C@@H](C)[C@@H](OC(C)C)c2ccc(C)cn2)n1-c1c(OC)cccc1OC. The first-order chi connectivity index (χ1) is 17.1. The number of hydrogen-bond acceptors (Lipinski definition) is 9. The smallest absolute Gasteiger partial charge is 0.243 e. The maximum Gasteiger partial charge on any atom is 0.243 e. The van der Waals surface area contributed by atoms with Crippen molar-refractivity contribution in [2.24, 2.45) is 0 Å². The Morgan fingerprint density at radius 3 is 2.19 bits per heavy atom. The average Bonchev–Trinajstić information content (AvgIpc) is 3.22. The number of aromatic nitrogens is 4. The van der Waals surface area contributed by atoms with E-state index in [4.69, 9.17) is 18.9 Å². The summed E-state index contributed by atoms with van der Waals surface area (Å²) in [6.07, 6.45) is 0.629. The molecule has 0 radical (unpaired) electrons. The van der Waals surface area contributed by atoms with Crippen molar-refractivity contribution in [3.63, 3.8) is 0 Å². The molecule has 0 saturated carbocycles. The van der Waals surface area contributed by atoms with Gasteiger partial charge < -0.3 is 18.9 Å². The van der Waals surface area contributed by atoms with Crippen molar-refractivity contribution in [1.29, 1.82) is 0 Å². The van der Waals surface area contributed by atoms with E-state index < -0.39 is 21.4 Å². The van der Waals surface area contributed by atoms with Gasteiger partial charge in [0.25, 0.3) is 0 Å². The number of hydrogen-bond donors (Lipinski definition) is 1. The number of rotatable bonds is 12. The Bertz CT molecular complexity index is 1240. The Kier molecular flexibility index (Phi) is 8.88. The van der Waals surface area contributed by atoms with Gasteiger partial charge in [-0.2, -0.15) is 0 Å². The van der Waals surface area contributed by atoms with E-state index >= 15 is 0 Å². The van der Waals surface area contributed by atoms with Crippen LogP contribution in [-0.4, -0.2) is 60.8 Å². The summed E-state index contributed by atoms with van der Waals surface area (Å²) in [4.78, 5) is 4.41. The van der Waals surface area contributed by atoms with E-state index in [0.29, 0.717) is 28.7 Å². The molecule has 0 saturated heterocycles. The second kappa shape index (κ2) is 11.7. The maximum absolute atomic E-state index is 13.6. The molecular formula is C24H33N5O6S. The fourth-order valence-corrected chi connectivity index (χ4v) is 4.74. The first kappa shape index (κ1) is 27.4. The third-order valence-electron chi connectivity index (χ3n) is 5.42. The van der Waals surface area contributed by atoms with Gasteiger partial charge in [0, 0.05) is 13.3 Å². The van der Waals surface area contributed by atoms with Crippen molar-refractivity contribution in [2.75, 3.05) is 26.1 Å². The molecule has 3 aromatic rings. The zero-order valence-corrected chi connectivity index (χ0v) is 22.4. The molecule has 0 amide bonds. The zero-order chi connectivity index (χ0) is 26.5. The Morgan fingerprint density at radius 1 is 1.00 bits per heavy atom. The van der Waals surface area contributed by atoms with Gasteiger partial charge in [0.05, 0.1) is 26.0 Å². The van der Waals surface area contributed by atoms with Crippen molar-refractivity contribution in [3.05, 3.63) is 53.6 Å². The normalized spacial score (nSPS) is 13.4. The number of pyridine rings is 1. The van der Waals surface area contributed by atoms with Crippen molar-refractivity contribution < 1.29 is 27.4 Å². The number of anilines is 1. The predicted octanol–water partition coefficient (Wildman–Crippen LogP) is 3.43. The topological polar surface area (TPSA) is 127 Å². The van der Waals surface area contributed by atoms with Crippen molar-refractivity contribution in [3.8, 4) is 17.2 Å². The van der Waals surface area contributed by atoms with Crippen LogP contribution in [0.3, 0.4) is 0 Å². The number of nitrogens with zero attached hydrogens (tertiary/aromatic N) is 4. The fraction of sp³-hybridized carbons (Fsp3) is 0.458. The van der Waals surface area contributed by atoms with Crippen LogP contribution in [0.2, 0.25) is 0 Å². The lowest BCUT2D eigenvalue weighted by molar-refractivity contribution is 0.00416. The average molecular weight is 520 g/mol. The number of benzene rings is 1. The number of nitrogens with one attached hydrogen (secondary N) is 1. The summed E-state index contributed by atoms with van der Waals surface area (Å²) >= 11 is 0. The molecule has 12 heteroatoms. The molecule has 11 nitrogen and oxygen atoms in total. The molecule has 3 rings (SSSR count). The summed E-state index contributed by atoms with van der Waals surface area (Å²) in [5.41, 5.74) is 1.90. The second-order valence-electron chi connectivity index (χ2n) is 8.44. The molecule has 0 unspecified atom stereocenters. The number of ether oxygens (including phenoxy) is 4. The van der Waals surface area contributed by atoms with Gasteiger partial charge in [-0.25, -0.2) is 8.42 Å². The van der Waals surface area contributed by atoms with Gasteiger partial charge in [-0.1, -0.05) is 12.1 Å². The second-order valence-corrected chi connectivity index (χ2v) is 10.5. The Hall–Kier alpha value is -3.22. The van der Waals surface area contributed by atoms with Crippen molar-refractivity contribution in [1.82, 2.24) is 19.7 Å². The Morgan fingerprint density at radius 2 is 1.67 bits per heavy atom. The summed E-state index contributed by atoms with van der Waals surface area (Å²) in [6, 6.07) is 8.85. The third kappa shape index (κ3) is 5.94. The van der Waals surface area contributed by atoms with E-state index in [-0.39, 0.29) is 18.7 Å². The van der Waals surface area contributed by atoms with E-state index in [1.54, 1.807) is 37.4 Å². The number of sulfonamides is 1. The molecular weight excluding hydrogens is 486 g/mol. The van der Waals surface area contributed by atoms with Crippen molar-refractivity contribution in [2.45, 2.75) is 51.8 Å². The Labute approximate surface area is 211 Å². The number of aryl methyl sites for hydroxylation is 1. The highest BCUT2D eigenvalue weighted by molar-refractivity contribution is 7.93. The minimum atomic E-state index is -4.05. The van der Waals surface area contributed by atoms with Crippen LogP contribution in [0, 0.1) is 6.92 Å². The molecule has 2 atom stereocenters. The van der Waals surface area contributed by atoms with Gasteiger partial charge in [-0.05, 0) is 51.5 Å². The van der Waals surface area contributed by atoms with E-state index in [0.717, 1.165) is 5.56 Å². The molecule has 36 heavy (non-hydrogen) atoms. The lowest BCUT2D eigenvalue weighted by atomic mass is 10.1. The van der Waals surface area contributed by atoms with Crippen LogP contribution in [-0.2, 0) is 26.1 Å². The zero-order valence-electron chi connectivity index (χ0n) is 21.5. The molecule has 0 aliphatic carbocycles. The van der Waals surface area contributed by atoms with Crippen LogP contribution in [0.25, 0.3) is 5.69 Å². The molecule has 0 aliphatic rings. The summed E-state index contributed by atoms with van der Waals surface area (Å²) in [5.74, 6) is 1.17. The summed E-state index contributed by atoms with van der Waals surface area (Å²) in [7, 11) is 0.472. The van der Waals surface area contributed by atoms with Crippen LogP contribution in [0.15, 0.2) is 36.5 Å². The molecule has 0 bridgehead atoms. The van der Waals surface area contributed by atoms with Crippen LogP contribution >= 0.6 is 0 Å². The highest BCUT2D eigenvalue weighted by Crippen LogP contribution is 2.36. The standard InChI is InChI=1S/C24H33N5O6S/c1-15(2)35-23(18-12-11-16(3)13-25-18)17(4)36(30,31)28-24-27-26-21(14-32-5)29(24)22-19(33-6)9-8-10-20(22)34-7/h8-13,15,17,23H,14H2,1-7H3,(H,27,28)/t17-,23+/m0/s1. The van der Waals surface area contributed by atoms with E-state index in [1.165, 1.54) is 25.9 Å². The molecule has 2 aromatic heterocycles. The first-order valence-corrected chi connectivity index (χ1v) is 12.9. The van der Waals surface area contributed by atoms with Gasteiger partial charge >= 0.3 is 0 Å². The molecule has 0 fully saturated rings. The van der Waals surface area contributed by atoms with Crippen LogP contribution < -0.4 is 14.2 Å². The maximum atomic E-state index is 13.6. The summed E-state index contributed by atoms with van der Waals surface area (Å²) in [5, 5.41) is 7.23. The first-order valence-electron chi connectivity index (χ1n) is 11.4. The largest absolute Gasteiger partial charge is 0.494 e. The van der Waals surface area contributed by atoms with Crippen LogP contribution in [0.5, 0.6) is 11.5 Å². The molecule has 0 spiro atoms. The van der Waals surface area contributed by atoms with E-state index in [2.05, 4.69) is 19.9 Å². The van der Waals surface area contributed by atoms with E-state index in [1.807, 2.05) is 26.8 Å². The lowest BCUT2D eigenvalue weighted by Gasteiger charge is -2.26. The molecule has 1 N–H and O–H groups in total. The minimum Gasteiger partial charge on any atom is -0.494 e. The Balaban J connectivity index is 2.07. The van der Waals surface area contributed by atoms with Crippen LogP contribution in [0.4, 0.5) is 5.95 Å². The molecule has 1 aromatic carbocycles. The van der Waals surface area contributed by atoms with Gasteiger partial charge in [-0.15, -0.1) is 10.2 Å². The molecule has 2 heterocycles. The quantitative estimate of drug-likeness (QED) is 0.383. The van der Waals surface area contributed by atoms with Crippen LogP contribution in [0.1, 0.15) is 44.0 Å². The number of para-hydroxylation sites is 1. The minimum absolute atomic E-state index is 0.0446. The highest BCUT2D eigenvalue weighted by atomic mass is 32.2. The van der Waals surface area contributed by atoms with Gasteiger partial charge in [0.1, 0.15) is 35.1 Å². The fourth-order valence-electron chi connectivity index (χ4n) is 3.64.